The molecular weight excluding hydrogens is 214 g/mol. The first kappa shape index (κ1) is 13.0. The van der Waals surface area contributed by atoms with E-state index in [1.54, 1.807) is 12.1 Å². The van der Waals surface area contributed by atoms with Crippen LogP contribution in [-0.4, -0.2) is 19.0 Å². The third-order valence-electron chi connectivity index (χ3n) is 2.41. The molecular formula is C13H17N3O. The summed E-state index contributed by atoms with van der Waals surface area (Å²) >= 11 is 0. The summed E-state index contributed by atoms with van der Waals surface area (Å²) in [7, 11) is 0. The molecule has 0 aliphatic carbocycles. The highest BCUT2D eigenvalue weighted by Gasteiger charge is 2.02. The third kappa shape index (κ3) is 4.15. The van der Waals surface area contributed by atoms with Crippen molar-refractivity contribution in [2.45, 2.75) is 20.3 Å². The Balaban J connectivity index is 2.52. The Morgan fingerprint density at radius 2 is 2.24 bits per heavy atom. The minimum absolute atomic E-state index is 0.0362. The van der Waals surface area contributed by atoms with Gasteiger partial charge in [0.1, 0.15) is 0 Å². The fourth-order valence-corrected chi connectivity index (χ4v) is 1.48. The molecule has 4 heteroatoms. The van der Waals surface area contributed by atoms with E-state index in [1.807, 2.05) is 19.9 Å². The van der Waals surface area contributed by atoms with Crippen LogP contribution in [-0.2, 0) is 4.79 Å². The van der Waals surface area contributed by atoms with Crippen LogP contribution in [0.2, 0.25) is 0 Å². The second-order valence-electron chi connectivity index (χ2n) is 3.77. The SMILES string of the molecule is CCNC(=O)CCNc1cc(C#N)ccc1C. The molecule has 2 N–H and O–H groups in total. The molecule has 1 rings (SSSR count). The maximum Gasteiger partial charge on any atom is 0.221 e. The lowest BCUT2D eigenvalue weighted by Gasteiger charge is -2.09. The van der Waals surface area contributed by atoms with Gasteiger partial charge in [-0.3, -0.25) is 4.79 Å². The predicted molar refractivity (Wildman–Crippen MR) is 67.7 cm³/mol. The number of nitrogens with one attached hydrogen (secondary N) is 2. The van der Waals surface area contributed by atoms with Crippen molar-refractivity contribution in [1.82, 2.24) is 5.32 Å². The monoisotopic (exact) mass is 231 g/mol. The van der Waals surface area contributed by atoms with Gasteiger partial charge in [0.05, 0.1) is 11.6 Å². The zero-order chi connectivity index (χ0) is 12.7. The molecule has 0 fully saturated rings. The fourth-order valence-electron chi connectivity index (χ4n) is 1.48. The zero-order valence-electron chi connectivity index (χ0n) is 10.2. The van der Waals surface area contributed by atoms with Crippen molar-refractivity contribution < 1.29 is 4.79 Å². The van der Waals surface area contributed by atoms with Crippen molar-refractivity contribution in [2.24, 2.45) is 0 Å². The molecule has 0 aliphatic heterocycles. The highest BCUT2D eigenvalue weighted by Crippen LogP contribution is 2.16. The van der Waals surface area contributed by atoms with Crippen LogP contribution in [0, 0.1) is 18.3 Å². The lowest BCUT2D eigenvalue weighted by Crippen LogP contribution is -2.24. The molecule has 90 valence electrons. The first-order valence-corrected chi connectivity index (χ1v) is 5.68. The van der Waals surface area contributed by atoms with Gasteiger partial charge in [0.25, 0.3) is 0 Å². The van der Waals surface area contributed by atoms with Crippen molar-refractivity contribution in [1.29, 1.82) is 5.26 Å². The van der Waals surface area contributed by atoms with Gasteiger partial charge in [0.15, 0.2) is 0 Å². The molecule has 0 saturated heterocycles. The van der Waals surface area contributed by atoms with Gasteiger partial charge in [-0.2, -0.15) is 5.26 Å². The summed E-state index contributed by atoms with van der Waals surface area (Å²) in [5.41, 5.74) is 2.60. The van der Waals surface area contributed by atoms with Crippen molar-refractivity contribution in [3.63, 3.8) is 0 Å². The Bertz CT molecular complexity index is 435. The van der Waals surface area contributed by atoms with Gasteiger partial charge in [-0.1, -0.05) is 6.07 Å². The molecule has 0 aromatic heterocycles. The average molecular weight is 231 g/mol. The lowest BCUT2D eigenvalue weighted by molar-refractivity contribution is -0.120. The highest BCUT2D eigenvalue weighted by atomic mass is 16.1. The third-order valence-corrected chi connectivity index (χ3v) is 2.41. The van der Waals surface area contributed by atoms with Gasteiger partial charge in [-0.05, 0) is 31.5 Å². The number of anilines is 1. The van der Waals surface area contributed by atoms with Crippen LogP contribution in [0.4, 0.5) is 5.69 Å². The summed E-state index contributed by atoms with van der Waals surface area (Å²) in [6.45, 7) is 5.09. The van der Waals surface area contributed by atoms with E-state index < -0.39 is 0 Å². The van der Waals surface area contributed by atoms with Crippen LogP contribution < -0.4 is 10.6 Å². The maximum atomic E-state index is 11.2. The molecule has 17 heavy (non-hydrogen) atoms. The topological polar surface area (TPSA) is 64.9 Å². The van der Waals surface area contributed by atoms with Crippen LogP contribution >= 0.6 is 0 Å². The van der Waals surface area contributed by atoms with Crippen LogP contribution in [0.3, 0.4) is 0 Å². The van der Waals surface area contributed by atoms with Crippen molar-refractivity contribution in [3.8, 4) is 6.07 Å². The Morgan fingerprint density at radius 1 is 1.47 bits per heavy atom. The number of amides is 1. The van der Waals surface area contributed by atoms with E-state index in [1.165, 1.54) is 0 Å². The minimum atomic E-state index is 0.0362. The highest BCUT2D eigenvalue weighted by molar-refractivity contribution is 5.76. The summed E-state index contributed by atoms with van der Waals surface area (Å²) in [4.78, 5) is 11.2. The van der Waals surface area contributed by atoms with E-state index in [4.69, 9.17) is 5.26 Å². The van der Waals surface area contributed by atoms with E-state index in [2.05, 4.69) is 16.7 Å². The summed E-state index contributed by atoms with van der Waals surface area (Å²) in [6.07, 6.45) is 0.435. The van der Waals surface area contributed by atoms with E-state index in [0.29, 0.717) is 25.1 Å². The van der Waals surface area contributed by atoms with Gasteiger partial charge >= 0.3 is 0 Å². The Hall–Kier alpha value is -2.02. The molecule has 0 unspecified atom stereocenters. The van der Waals surface area contributed by atoms with Gasteiger partial charge in [-0.15, -0.1) is 0 Å². The van der Waals surface area contributed by atoms with E-state index in [-0.39, 0.29) is 5.91 Å². The normalized spacial score (nSPS) is 9.47. The quantitative estimate of drug-likeness (QED) is 0.812. The van der Waals surface area contributed by atoms with E-state index >= 15 is 0 Å². The summed E-state index contributed by atoms with van der Waals surface area (Å²) in [6, 6.07) is 7.57. The second-order valence-corrected chi connectivity index (χ2v) is 3.77. The van der Waals surface area contributed by atoms with Gasteiger partial charge < -0.3 is 10.6 Å². The van der Waals surface area contributed by atoms with Crippen LogP contribution in [0.25, 0.3) is 0 Å². The molecule has 0 aliphatic rings. The van der Waals surface area contributed by atoms with Crippen LogP contribution in [0.5, 0.6) is 0 Å². The Labute approximate surface area is 102 Å². The Morgan fingerprint density at radius 3 is 2.88 bits per heavy atom. The van der Waals surface area contributed by atoms with E-state index in [9.17, 15) is 4.79 Å². The molecule has 0 spiro atoms. The number of hydrogen-bond acceptors (Lipinski definition) is 3. The largest absolute Gasteiger partial charge is 0.384 e. The smallest absolute Gasteiger partial charge is 0.221 e. The summed E-state index contributed by atoms with van der Waals surface area (Å²) < 4.78 is 0. The first-order valence-electron chi connectivity index (χ1n) is 5.68. The van der Waals surface area contributed by atoms with Crippen molar-refractivity contribution in [2.75, 3.05) is 18.4 Å². The van der Waals surface area contributed by atoms with Crippen LogP contribution in [0.15, 0.2) is 18.2 Å². The molecule has 1 aromatic carbocycles. The molecule has 0 bridgehead atoms. The number of hydrogen-bond donors (Lipinski definition) is 2. The number of aryl methyl sites for hydroxylation is 1. The van der Waals surface area contributed by atoms with Crippen molar-refractivity contribution >= 4 is 11.6 Å². The molecule has 0 radical (unpaired) electrons. The van der Waals surface area contributed by atoms with Gasteiger partial charge in [-0.25, -0.2) is 0 Å². The van der Waals surface area contributed by atoms with E-state index in [0.717, 1.165) is 11.3 Å². The summed E-state index contributed by atoms with van der Waals surface area (Å²) in [5.74, 6) is 0.0362. The predicted octanol–water partition coefficient (Wildman–Crippen LogP) is 1.80. The summed E-state index contributed by atoms with van der Waals surface area (Å²) in [5, 5.41) is 14.7. The Kier molecular flexibility index (Phi) is 5.02. The molecule has 0 heterocycles. The van der Waals surface area contributed by atoms with Crippen molar-refractivity contribution in [3.05, 3.63) is 29.3 Å². The molecule has 0 atom stereocenters. The standard InChI is InChI=1S/C13H17N3O/c1-3-15-13(17)6-7-16-12-8-11(9-14)5-4-10(12)2/h4-5,8,16H,3,6-7H2,1-2H3,(H,15,17). The number of rotatable bonds is 5. The maximum absolute atomic E-state index is 11.2. The average Bonchev–Trinajstić information content (AvgIpc) is 2.32. The fraction of sp³-hybridized carbons (Fsp3) is 0.385. The number of benzene rings is 1. The van der Waals surface area contributed by atoms with Gasteiger partial charge in [0, 0.05) is 25.2 Å². The number of carbonyl (C=O) groups excluding carboxylic acids is 1. The first-order chi connectivity index (χ1) is 8.17. The number of carbonyl (C=O) groups is 1. The molecule has 4 nitrogen and oxygen atoms in total. The molecule has 1 amide bonds. The number of nitriles is 1. The zero-order valence-corrected chi connectivity index (χ0v) is 10.2. The minimum Gasteiger partial charge on any atom is -0.384 e. The number of nitrogens with zero attached hydrogens (tertiary/aromatic N) is 1. The van der Waals surface area contributed by atoms with Gasteiger partial charge in [0.2, 0.25) is 5.91 Å². The molecule has 1 aromatic rings. The molecule has 0 saturated carbocycles. The second kappa shape index (κ2) is 6.54. The van der Waals surface area contributed by atoms with Crippen LogP contribution in [0.1, 0.15) is 24.5 Å². The lowest BCUT2D eigenvalue weighted by atomic mass is 10.1.